The van der Waals surface area contributed by atoms with Crippen molar-refractivity contribution in [1.29, 1.82) is 0 Å². The van der Waals surface area contributed by atoms with Gasteiger partial charge in [0.05, 0.1) is 20.1 Å². The van der Waals surface area contributed by atoms with Crippen LogP contribution < -0.4 is 5.73 Å². The Morgan fingerprint density at radius 1 is 0.789 bits per heavy atom. The molecule has 1 nitrogen and oxygen atoms in total. The SMILES string of the molecule is NC(Cc1ccc(Cl)c(Cl)c1)c1ccc(Cl)c(Cl)c1. The fourth-order valence-electron chi connectivity index (χ4n) is 1.78. The molecule has 0 aliphatic carbocycles. The summed E-state index contributed by atoms with van der Waals surface area (Å²) in [5.41, 5.74) is 8.11. The quantitative estimate of drug-likeness (QED) is 0.783. The smallest absolute Gasteiger partial charge is 0.0595 e. The second-order valence-corrected chi connectivity index (χ2v) is 5.86. The normalized spacial score (nSPS) is 12.5. The first-order valence-electron chi connectivity index (χ1n) is 5.62. The summed E-state index contributed by atoms with van der Waals surface area (Å²) in [6.07, 6.45) is 0.648. The summed E-state index contributed by atoms with van der Waals surface area (Å²) in [6.45, 7) is 0. The predicted molar refractivity (Wildman–Crippen MR) is 83.6 cm³/mol. The van der Waals surface area contributed by atoms with Gasteiger partial charge in [-0.3, -0.25) is 0 Å². The van der Waals surface area contributed by atoms with Crippen LogP contribution in [0.15, 0.2) is 36.4 Å². The minimum atomic E-state index is -0.174. The first kappa shape index (κ1) is 15.0. The van der Waals surface area contributed by atoms with Gasteiger partial charge in [0.25, 0.3) is 0 Å². The highest BCUT2D eigenvalue weighted by atomic mass is 35.5. The van der Waals surface area contributed by atoms with Crippen LogP contribution in [0.3, 0.4) is 0 Å². The third-order valence-electron chi connectivity index (χ3n) is 2.81. The molecular weight excluding hydrogens is 324 g/mol. The van der Waals surface area contributed by atoms with Crippen LogP contribution in [-0.2, 0) is 6.42 Å². The van der Waals surface area contributed by atoms with Gasteiger partial charge in [-0.1, -0.05) is 58.5 Å². The molecule has 0 bridgehead atoms. The van der Waals surface area contributed by atoms with Crippen molar-refractivity contribution in [2.75, 3.05) is 0 Å². The molecule has 5 heteroatoms. The van der Waals surface area contributed by atoms with Gasteiger partial charge in [0.2, 0.25) is 0 Å². The lowest BCUT2D eigenvalue weighted by molar-refractivity contribution is 0.722. The molecule has 100 valence electrons. The van der Waals surface area contributed by atoms with Crippen LogP contribution in [0.1, 0.15) is 17.2 Å². The van der Waals surface area contributed by atoms with Crippen LogP contribution >= 0.6 is 46.4 Å². The predicted octanol–water partition coefficient (Wildman–Crippen LogP) is 5.54. The van der Waals surface area contributed by atoms with Crippen molar-refractivity contribution < 1.29 is 0 Å². The van der Waals surface area contributed by atoms with E-state index in [9.17, 15) is 0 Å². The Morgan fingerprint density at radius 3 is 1.95 bits per heavy atom. The van der Waals surface area contributed by atoms with E-state index in [1.165, 1.54) is 0 Å². The molecule has 0 amide bonds. The number of halogens is 4. The molecular formula is C14H11Cl4N. The van der Waals surface area contributed by atoms with Crippen molar-refractivity contribution in [1.82, 2.24) is 0 Å². The van der Waals surface area contributed by atoms with Crippen molar-refractivity contribution in [3.8, 4) is 0 Å². The summed E-state index contributed by atoms with van der Waals surface area (Å²) in [7, 11) is 0. The third kappa shape index (κ3) is 3.77. The van der Waals surface area contributed by atoms with Crippen LogP contribution in [-0.4, -0.2) is 0 Å². The van der Waals surface area contributed by atoms with E-state index in [0.717, 1.165) is 11.1 Å². The number of nitrogens with two attached hydrogens (primary N) is 1. The molecule has 19 heavy (non-hydrogen) atoms. The summed E-state index contributed by atoms with van der Waals surface area (Å²) in [5.74, 6) is 0. The summed E-state index contributed by atoms with van der Waals surface area (Å²) < 4.78 is 0. The zero-order valence-electron chi connectivity index (χ0n) is 9.84. The van der Waals surface area contributed by atoms with E-state index < -0.39 is 0 Å². The monoisotopic (exact) mass is 333 g/mol. The Kier molecular flexibility index (Phi) is 4.99. The number of rotatable bonds is 3. The summed E-state index contributed by atoms with van der Waals surface area (Å²) in [6, 6.07) is 10.7. The fraction of sp³-hybridized carbons (Fsp3) is 0.143. The highest BCUT2D eigenvalue weighted by Gasteiger charge is 2.10. The molecule has 2 aromatic carbocycles. The van der Waals surface area contributed by atoms with Gasteiger partial charge in [0.1, 0.15) is 0 Å². The lowest BCUT2D eigenvalue weighted by Gasteiger charge is -2.13. The third-order valence-corrected chi connectivity index (χ3v) is 4.29. The van der Waals surface area contributed by atoms with Gasteiger partial charge in [-0.2, -0.15) is 0 Å². The summed E-state index contributed by atoms with van der Waals surface area (Å²) in [4.78, 5) is 0. The molecule has 0 heterocycles. The Balaban J connectivity index is 2.17. The van der Waals surface area contributed by atoms with Crippen molar-refractivity contribution in [2.45, 2.75) is 12.5 Å². The Labute approximate surface area is 132 Å². The Morgan fingerprint density at radius 2 is 1.37 bits per heavy atom. The standard InChI is InChI=1S/C14H11Cl4N/c15-10-3-1-8(5-12(10)17)6-14(19)9-2-4-11(16)13(18)7-9/h1-5,7,14H,6,19H2. The van der Waals surface area contributed by atoms with Gasteiger partial charge in [0, 0.05) is 6.04 Å². The van der Waals surface area contributed by atoms with Crippen LogP contribution in [0.25, 0.3) is 0 Å². The summed E-state index contributed by atoms with van der Waals surface area (Å²) in [5, 5.41) is 2.09. The van der Waals surface area contributed by atoms with Gasteiger partial charge in [0.15, 0.2) is 0 Å². The zero-order chi connectivity index (χ0) is 14.0. The van der Waals surface area contributed by atoms with Crippen molar-refractivity contribution >= 4 is 46.4 Å². The van der Waals surface area contributed by atoms with E-state index in [1.807, 2.05) is 18.2 Å². The van der Waals surface area contributed by atoms with Gasteiger partial charge >= 0.3 is 0 Å². The van der Waals surface area contributed by atoms with E-state index in [1.54, 1.807) is 18.2 Å². The lowest BCUT2D eigenvalue weighted by atomic mass is 10.00. The fourth-order valence-corrected chi connectivity index (χ4v) is 2.41. The second kappa shape index (κ2) is 6.34. The van der Waals surface area contributed by atoms with Crippen LogP contribution in [0.4, 0.5) is 0 Å². The Bertz CT molecular complexity index is 598. The van der Waals surface area contributed by atoms with Crippen molar-refractivity contribution in [3.05, 3.63) is 67.6 Å². The summed E-state index contributed by atoms with van der Waals surface area (Å²) >= 11 is 23.7. The van der Waals surface area contributed by atoms with E-state index in [0.29, 0.717) is 26.5 Å². The van der Waals surface area contributed by atoms with Gasteiger partial charge in [-0.15, -0.1) is 0 Å². The van der Waals surface area contributed by atoms with E-state index in [2.05, 4.69) is 0 Å². The number of hydrogen-bond donors (Lipinski definition) is 1. The van der Waals surface area contributed by atoms with Gasteiger partial charge < -0.3 is 5.73 Å². The van der Waals surface area contributed by atoms with Crippen LogP contribution in [0, 0.1) is 0 Å². The largest absolute Gasteiger partial charge is 0.324 e. The van der Waals surface area contributed by atoms with Crippen molar-refractivity contribution in [2.24, 2.45) is 5.73 Å². The average Bonchev–Trinajstić information content (AvgIpc) is 2.37. The van der Waals surface area contributed by atoms with Crippen LogP contribution in [0.5, 0.6) is 0 Å². The highest BCUT2D eigenvalue weighted by Crippen LogP contribution is 2.28. The molecule has 2 aromatic rings. The minimum absolute atomic E-state index is 0.174. The second-order valence-electron chi connectivity index (χ2n) is 4.23. The molecule has 0 spiro atoms. The molecule has 0 saturated heterocycles. The number of benzene rings is 2. The topological polar surface area (TPSA) is 26.0 Å². The minimum Gasteiger partial charge on any atom is -0.324 e. The molecule has 2 N–H and O–H groups in total. The molecule has 0 aromatic heterocycles. The Hall–Kier alpha value is -0.440. The lowest BCUT2D eigenvalue weighted by Crippen LogP contribution is -2.13. The van der Waals surface area contributed by atoms with Crippen LogP contribution in [0.2, 0.25) is 20.1 Å². The van der Waals surface area contributed by atoms with E-state index >= 15 is 0 Å². The average molecular weight is 335 g/mol. The maximum absolute atomic E-state index is 6.16. The molecule has 0 saturated carbocycles. The van der Waals surface area contributed by atoms with E-state index in [4.69, 9.17) is 52.1 Å². The van der Waals surface area contributed by atoms with Crippen molar-refractivity contribution in [3.63, 3.8) is 0 Å². The molecule has 0 aliphatic rings. The first-order chi connectivity index (χ1) is 8.97. The van der Waals surface area contributed by atoms with Gasteiger partial charge in [-0.05, 0) is 41.8 Å². The van der Waals surface area contributed by atoms with Gasteiger partial charge in [-0.25, -0.2) is 0 Å². The molecule has 2 rings (SSSR count). The van der Waals surface area contributed by atoms with E-state index in [-0.39, 0.29) is 6.04 Å². The molecule has 1 atom stereocenters. The molecule has 0 radical (unpaired) electrons. The molecule has 0 fully saturated rings. The molecule has 1 unspecified atom stereocenters. The first-order valence-corrected chi connectivity index (χ1v) is 7.13. The zero-order valence-corrected chi connectivity index (χ0v) is 12.9. The highest BCUT2D eigenvalue weighted by molar-refractivity contribution is 6.42. The maximum Gasteiger partial charge on any atom is 0.0595 e. The maximum atomic E-state index is 6.16. The molecule has 0 aliphatic heterocycles. The number of hydrogen-bond acceptors (Lipinski definition) is 1.